The molecule has 2 aliphatic rings. The van der Waals surface area contributed by atoms with Crippen molar-refractivity contribution in [2.75, 3.05) is 17.2 Å². The van der Waals surface area contributed by atoms with Crippen LogP contribution in [0.4, 0.5) is 11.4 Å². The van der Waals surface area contributed by atoms with E-state index in [1.54, 1.807) is 6.07 Å². The molecule has 0 aromatic heterocycles. The van der Waals surface area contributed by atoms with Crippen molar-refractivity contribution < 1.29 is 14.4 Å². The quantitative estimate of drug-likeness (QED) is 0.725. The van der Waals surface area contributed by atoms with E-state index in [4.69, 9.17) is 5.73 Å². The summed E-state index contributed by atoms with van der Waals surface area (Å²) in [5.41, 5.74) is 8.68. The van der Waals surface area contributed by atoms with Crippen LogP contribution in [-0.2, 0) is 20.9 Å². The molecule has 2 aromatic rings. The second-order valence-electron chi connectivity index (χ2n) is 7.61. The van der Waals surface area contributed by atoms with E-state index >= 15 is 0 Å². The fraction of sp³-hybridized carbons (Fsp3) is 0.318. The Labute approximate surface area is 169 Å². The molecule has 3 amide bonds. The molecule has 4 rings (SSSR count). The zero-order valence-electron chi connectivity index (χ0n) is 16.1. The van der Waals surface area contributed by atoms with Crippen molar-refractivity contribution in [3.63, 3.8) is 0 Å². The molecule has 7 heteroatoms. The van der Waals surface area contributed by atoms with Gasteiger partial charge in [-0.1, -0.05) is 30.3 Å². The van der Waals surface area contributed by atoms with Gasteiger partial charge in [0, 0.05) is 24.3 Å². The van der Waals surface area contributed by atoms with Crippen LogP contribution in [-0.4, -0.2) is 35.2 Å². The SMILES string of the molecule is NC(=O)C1CCCN1Cc1cccc(NC(=O)C2CC(=O)Nc3ccccc32)c1. The average molecular weight is 392 g/mol. The first-order valence-electron chi connectivity index (χ1n) is 9.83. The Hall–Kier alpha value is -3.19. The summed E-state index contributed by atoms with van der Waals surface area (Å²) in [6.07, 6.45) is 1.86. The van der Waals surface area contributed by atoms with Crippen molar-refractivity contribution in [3.8, 4) is 0 Å². The molecular weight excluding hydrogens is 368 g/mol. The van der Waals surface area contributed by atoms with Gasteiger partial charge in [0.05, 0.1) is 12.0 Å². The molecule has 0 aliphatic carbocycles. The van der Waals surface area contributed by atoms with Crippen LogP contribution in [0.25, 0.3) is 0 Å². The summed E-state index contributed by atoms with van der Waals surface area (Å²) in [6.45, 7) is 1.43. The number of rotatable bonds is 5. The number of benzene rings is 2. The first-order chi connectivity index (χ1) is 14.0. The van der Waals surface area contributed by atoms with Crippen LogP contribution in [0.3, 0.4) is 0 Å². The van der Waals surface area contributed by atoms with Crippen molar-refractivity contribution in [2.24, 2.45) is 5.73 Å². The van der Waals surface area contributed by atoms with Gasteiger partial charge in [-0.05, 0) is 48.7 Å². The number of nitrogens with zero attached hydrogens (tertiary/aromatic N) is 1. The fourth-order valence-corrected chi connectivity index (χ4v) is 4.19. The number of amides is 3. The Bertz CT molecular complexity index is 959. The first-order valence-corrected chi connectivity index (χ1v) is 9.83. The lowest BCUT2D eigenvalue weighted by molar-refractivity contribution is -0.123. The number of likely N-dealkylation sites (tertiary alicyclic amines) is 1. The predicted octanol–water partition coefficient (Wildman–Crippen LogP) is 2.20. The molecule has 2 heterocycles. The highest BCUT2D eigenvalue weighted by Crippen LogP contribution is 2.33. The summed E-state index contributed by atoms with van der Waals surface area (Å²) in [4.78, 5) is 38.6. The first kappa shape index (κ1) is 19.1. The maximum Gasteiger partial charge on any atom is 0.234 e. The molecule has 0 bridgehead atoms. The fourth-order valence-electron chi connectivity index (χ4n) is 4.19. The standard InChI is InChI=1S/C22H24N4O3/c23-21(28)19-9-4-10-26(19)13-14-5-3-6-15(11-14)24-22(29)17-12-20(27)25-18-8-2-1-7-16(17)18/h1-3,5-8,11,17,19H,4,9-10,12-13H2,(H2,23,28)(H,24,29)(H,25,27). The largest absolute Gasteiger partial charge is 0.368 e. The normalized spacial score (nSPS) is 21.3. The highest BCUT2D eigenvalue weighted by molar-refractivity contribution is 6.05. The van der Waals surface area contributed by atoms with Crippen LogP contribution in [0.1, 0.15) is 36.3 Å². The van der Waals surface area contributed by atoms with Gasteiger partial charge in [-0.15, -0.1) is 0 Å². The minimum absolute atomic E-state index is 0.122. The number of para-hydroxylation sites is 1. The number of carbonyl (C=O) groups is 3. The maximum atomic E-state index is 12.9. The minimum Gasteiger partial charge on any atom is -0.368 e. The lowest BCUT2D eigenvalue weighted by Crippen LogP contribution is -2.39. The highest BCUT2D eigenvalue weighted by Gasteiger charge is 2.31. The van der Waals surface area contributed by atoms with Crippen molar-refractivity contribution >= 4 is 29.1 Å². The molecule has 2 aromatic carbocycles. The van der Waals surface area contributed by atoms with Gasteiger partial charge >= 0.3 is 0 Å². The number of nitrogens with two attached hydrogens (primary N) is 1. The summed E-state index contributed by atoms with van der Waals surface area (Å²) in [7, 11) is 0. The van der Waals surface area contributed by atoms with Gasteiger partial charge in [0.25, 0.3) is 0 Å². The molecular formula is C22H24N4O3. The Morgan fingerprint density at radius 2 is 2.00 bits per heavy atom. The van der Waals surface area contributed by atoms with Crippen molar-refractivity contribution in [2.45, 2.75) is 37.8 Å². The topological polar surface area (TPSA) is 105 Å². The van der Waals surface area contributed by atoms with Crippen LogP contribution in [0.2, 0.25) is 0 Å². The summed E-state index contributed by atoms with van der Waals surface area (Å²) >= 11 is 0. The Morgan fingerprint density at radius 1 is 1.17 bits per heavy atom. The molecule has 7 nitrogen and oxygen atoms in total. The molecule has 0 spiro atoms. The van der Waals surface area contributed by atoms with E-state index in [1.807, 2.05) is 42.5 Å². The lowest BCUT2D eigenvalue weighted by Gasteiger charge is -2.25. The Kier molecular flexibility index (Phi) is 5.31. The van der Waals surface area contributed by atoms with Crippen LogP contribution >= 0.6 is 0 Å². The highest BCUT2D eigenvalue weighted by atomic mass is 16.2. The van der Waals surface area contributed by atoms with Crippen LogP contribution in [0.5, 0.6) is 0 Å². The molecule has 150 valence electrons. The second-order valence-corrected chi connectivity index (χ2v) is 7.61. The summed E-state index contributed by atoms with van der Waals surface area (Å²) in [5, 5.41) is 5.75. The van der Waals surface area contributed by atoms with Crippen molar-refractivity contribution in [3.05, 3.63) is 59.7 Å². The van der Waals surface area contributed by atoms with Gasteiger partial charge in [-0.3, -0.25) is 19.3 Å². The van der Waals surface area contributed by atoms with Gasteiger partial charge in [0.1, 0.15) is 0 Å². The molecule has 29 heavy (non-hydrogen) atoms. The molecule has 0 radical (unpaired) electrons. The van der Waals surface area contributed by atoms with E-state index in [0.717, 1.165) is 30.5 Å². The Balaban J connectivity index is 1.48. The number of primary amides is 1. The molecule has 1 saturated heterocycles. The van der Waals surface area contributed by atoms with Crippen LogP contribution in [0.15, 0.2) is 48.5 Å². The van der Waals surface area contributed by atoms with E-state index in [1.165, 1.54) is 0 Å². The summed E-state index contributed by atoms with van der Waals surface area (Å²) in [6, 6.07) is 14.7. The molecule has 2 aliphatic heterocycles. The summed E-state index contributed by atoms with van der Waals surface area (Å²) < 4.78 is 0. The molecule has 2 unspecified atom stereocenters. The number of hydrogen-bond donors (Lipinski definition) is 3. The van der Waals surface area contributed by atoms with Gasteiger partial charge in [0.2, 0.25) is 17.7 Å². The number of anilines is 2. The molecule has 1 fully saturated rings. The molecule has 0 saturated carbocycles. The third kappa shape index (κ3) is 4.14. The second kappa shape index (κ2) is 8.05. The monoisotopic (exact) mass is 392 g/mol. The Morgan fingerprint density at radius 3 is 2.83 bits per heavy atom. The van der Waals surface area contributed by atoms with Gasteiger partial charge < -0.3 is 16.4 Å². The van der Waals surface area contributed by atoms with E-state index in [9.17, 15) is 14.4 Å². The van der Waals surface area contributed by atoms with Crippen molar-refractivity contribution in [1.82, 2.24) is 4.90 Å². The maximum absolute atomic E-state index is 12.9. The summed E-state index contributed by atoms with van der Waals surface area (Å²) in [5.74, 6) is -1.19. The van der Waals surface area contributed by atoms with Gasteiger partial charge in [-0.25, -0.2) is 0 Å². The zero-order chi connectivity index (χ0) is 20.4. The van der Waals surface area contributed by atoms with E-state index in [-0.39, 0.29) is 30.2 Å². The molecule has 2 atom stereocenters. The number of nitrogens with one attached hydrogen (secondary N) is 2. The van der Waals surface area contributed by atoms with Gasteiger partial charge in [0.15, 0.2) is 0 Å². The van der Waals surface area contributed by atoms with Gasteiger partial charge in [-0.2, -0.15) is 0 Å². The third-order valence-corrected chi connectivity index (χ3v) is 5.59. The van der Waals surface area contributed by atoms with Crippen LogP contribution in [0, 0.1) is 0 Å². The number of hydrogen-bond acceptors (Lipinski definition) is 4. The van der Waals surface area contributed by atoms with E-state index in [0.29, 0.717) is 17.9 Å². The zero-order valence-corrected chi connectivity index (χ0v) is 16.1. The predicted molar refractivity (Wildman–Crippen MR) is 110 cm³/mol. The average Bonchev–Trinajstić information content (AvgIpc) is 3.16. The van der Waals surface area contributed by atoms with Crippen LogP contribution < -0.4 is 16.4 Å². The third-order valence-electron chi connectivity index (χ3n) is 5.59. The minimum atomic E-state index is -0.526. The smallest absolute Gasteiger partial charge is 0.234 e. The van der Waals surface area contributed by atoms with E-state index in [2.05, 4.69) is 15.5 Å². The number of fused-ring (bicyclic) bond motifs is 1. The molecule has 4 N–H and O–H groups in total. The lowest BCUT2D eigenvalue weighted by atomic mass is 9.90. The van der Waals surface area contributed by atoms with E-state index < -0.39 is 5.92 Å². The number of carbonyl (C=O) groups excluding carboxylic acids is 3. The van der Waals surface area contributed by atoms with Crippen molar-refractivity contribution in [1.29, 1.82) is 0 Å².